The average molecular weight is 367 g/mol. The Bertz CT molecular complexity index is 878. The van der Waals surface area contributed by atoms with Crippen LogP contribution in [-0.2, 0) is 6.54 Å². The third-order valence-corrected chi connectivity index (χ3v) is 4.78. The Balaban J connectivity index is 1.74. The molecule has 0 spiro atoms. The molecule has 0 saturated heterocycles. The normalized spacial score (nSPS) is 10.9. The number of rotatable bonds is 6. The highest BCUT2D eigenvalue weighted by Crippen LogP contribution is 2.27. The highest BCUT2D eigenvalue weighted by molar-refractivity contribution is 8.00. The number of thioether (sulfide) groups is 1. The van der Waals surface area contributed by atoms with Crippen LogP contribution in [0.4, 0.5) is 0 Å². The zero-order chi connectivity index (χ0) is 18.5. The summed E-state index contributed by atoms with van der Waals surface area (Å²) in [4.78, 5) is 19.8. The van der Waals surface area contributed by atoms with E-state index in [2.05, 4.69) is 24.0 Å². The Hall–Kier alpha value is -2.60. The summed E-state index contributed by atoms with van der Waals surface area (Å²) in [5.41, 5.74) is 1.58. The monoisotopic (exact) mass is 367 g/mol. The van der Waals surface area contributed by atoms with Crippen molar-refractivity contribution in [2.75, 3.05) is 7.05 Å². The van der Waals surface area contributed by atoms with Gasteiger partial charge in [0, 0.05) is 22.8 Å². The average Bonchev–Trinajstić information content (AvgIpc) is 3.10. The number of aromatic nitrogens is 2. The highest BCUT2D eigenvalue weighted by atomic mass is 32.2. The van der Waals surface area contributed by atoms with Gasteiger partial charge in [-0.25, -0.2) is 0 Å². The molecule has 1 heterocycles. The fourth-order valence-corrected chi connectivity index (χ4v) is 3.45. The van der Waals surface area contributed by atoms with E-state index in [1.165, 1.54) is 0 Å². The van der Waals surface area contributed by atoms with Crippen LogP contribution < -0.4 is 0 Å². The van der Waals surface area contributed by atoms with E-state index >= 15 is 0 Å². The fraction of sp³-hybridized carbons (Fsp3) is 0.250. The number of nitrogens with zero attached hydrogens (tertiary/aromatic N) is 3. The quantitative estimate of drug-likeness (QED) is 0.600. The molecule has 26 heavy (non-hydrogen) atoms. The molecular weight excluding hydrogens is 346 g/mol. The molecule has 5 nitrogen and oxygen atoms in total. The van der Waals surface area contributed by atoms with E-state index in [1.807, 2.05) is 54.6 Å². The molecule has 134 valence electrons. The maximum atomic E-state index is 12.9. The summed E-state index contributed by atoms with van der Waals surface area (Å²) in [6.45, 7) is 4.48. The summed E-state index contributed by atoms with van der Waals surface area (Å²) < 4.78 is 5.31. The van der Waals surface area contributed by atoms with Crippen molar-refractivity contribution < 1.29 is 9.32 Å². The van der Waals surface area contributed by atoms with Crippen LogP contribution in [-0.4, -0.2) is 33.2 Å². The molecule has 0 unspecified atom stereocenters. The van der Waals surface area contributed by atoms with Gasteiger partial charge in [0.15, 0.2) is 0 Å². The van der Waals surface area contributed by atoms with Gasteiger partial charge in [-0.1, -0.05) is 61.5 Å². The Morgan fingerprint density at radius 1 is 1.12 bits per heavy atom. The summed E-state index contributed by atoms with van der Waals surface area (Å²) >= 11 is 1.68. The molecule has 0 bridgehead atoms. The van der Waals surface area contributed by atoms with Crippen LogP contribution in [0.3, 0.4) is 0 Å². The van der Waals surface area contributed by atoms with Gasteiger partial charge in [-0.15, -0.1) is 11.8 Å². The Labute approximate surface area is 157 Å². The van der Waals surface area contributed by atoms with Gasteiger partial charge in [-0.2, -0.15) is 4.98 Å². The van der Waals surface area contributed by atoms with Crippen molar-refractivity contribution in [3.63, 3.8) is 0 Å². The molecule has 0 aliphatic heterocycles. The first kappa shape index (κ1) is 18.2. The minimum absolute atomic E-state index is 0.0618. The van der Waals surface area contributed by atoms with Gasteiger partial charge in [-0.3, -0.25) is 4.79 Å². The SMILES string of the molecule is CC(C)Sc1ccccc1C(=O)N(C)Cc1nc(-c2ccccc2)no1. The first-order chi connectivity index (χ1) is 12.5. The second kappa shape index (κ2) is 8.19. The Morgan fingerprint density at radius 3 is 2.54 bits per heavy atom. The molecule has 0 N–H and O–H groups in total. The lowest BCUT2D eigenvalue weighted by Crippen LogP contribution is -2.26. The lowest BCUT2D eigenvalue weighted by atomic mass is 10.2. The van der Waals surface area contributed by atoms with E-state index in [0.29, 0.717) is 22.5 Å². The number of hydrogen-bond acceptors (Lipinski definition) is 5. The Morgan fingerprint density at radius 2 is 1.81 bits per heavy atom. The number of carbonyl (C=O) groups excluding carboxylic acids is 1. The van der Waals surface area contributed by atoms with E-state index in [-0.39, 0.29) is 12.5 Å². The highest BCUT2D eigenvalue weighted by Gasteiger charge is 2.19. The summed E-state index contributed by atoms with van der Waals surface area (Å²) in [5.74, 6) is 0.874. The molecule has 1 amide bonds. The van der Waals surface area contributed by atoms with E-state index < -0.39 is 0 Å². The molecule has 3 aromatic rings. The third kappa shape index (κ3) is 4.32. The standard InChI is InChI=1S/C20H21N3O2S/c1-14(2)26-17-12-8-7-11-16(17)20(24)23(3)13-18-21-19(22-25-18)15-9-5-4-6-10-15/h4-12,14H,13H2,1-3H3. The van der Waals surface area contributed by atoms with E-state index in [9.17, 15) is 4.79 Å². The lowest BCUT2D eigenvalue weighted by Gasteiger charge is -2.17. The first-order valence-corrected chi connectivity index (χ1v) is 9.31. The molecule has 0 atom stereocenters. The van der Waals surface area contributed by atoms with Crippen LogP contribution in [0.15, 0.2) is 64.0 Å². The molecule has 3 rings (SSSR count). The van der Waals surface area contributed by atoms with Crippen molar-refractivity contribution in [3.8, 4) is 11.4 Å². The molecular formula is C20H21N3O2S. The molecule has 2 aromatic carbocycles. The molecule has 1 aromatic heterocycles. The number of hydrogen-bond donors (Lipinski definition) is 0. The predicted molar refractivity (Wildman–Crippen MR) is 103 cm³/mol. The van der Waals surface area contributed by atoms with Crippen LogP contribution in [0.25, 0.3) is 11.4 Å². The van der Waals surface area contributed by atoms with Gasteiger partial charge >= 0.3 is 0 Å². The summed E-state index contributed by atoms with van der Waals surface area (Å²) in [7, 11) is 1.74. The minimum atomic E-state index is -0.0618. The van der Waals surface area contributed by atoms with Crippen molar-refractivity contribution in [2.24, 2.45) is 0 Å². The van der Waals surface area contributed by atoms with Crippen LogP contribution in [0.1, 0.15) is 30.1 Å². The molecule has 6 heteroatoms. The Kier molecular flexibility index (Phi) is 5.73. The maximum absolute atomic E-state index is 12.9. The maximum Gasteiger partial charge on any atom is 0.255 e. The van der Waals surface area contributed by atoms with Gasteiger partial charge < -0.3 is 9.42 Å². The largest absolute Gasteiger partial charge is 0.337 e. The molecule has 0 aliphatic rings. The topological polar surface area (TPSA) is 59.2 Å². The third-order valence-electron chi connectivity index (χ3n) is 3.70. The van der Waals surface area contributed by atoms with Crippen molar-refractivity contribution in [1.29, 1.82) is 0 Å². The number of benzene rings is 2. The van der Waals surface area contributed by atoms with Gasteiger partial charge in [-0.05, 0) is 12.1 Å². The van der Waals surface area contributed by atoms with E-state index in [4.69, 9.17) is 4.52 Å². The van der Waals surface area contributed by atoms with Crippen molar-refractivity contribution in [1.82, 2.24) is 15.0 Å². The van der Waals surface area contributed by atoms with Gasteiger partial charge in [0.2, 0.25) is 11.7 Å². The summed E-state index contributed by atoms with van der Waals surface area (Å²) in [5, 5.41) is 4.40. The van der Waals surface area contributed by atoms with E-state index in [0.717, 1.165) is 10.5 Å². The number of amides is 1. The number of carbonyl (C=O) groups is 1. The van der Waals surface area contributed by atoms with Crippen LogP contribution in [0, 0.1) is 0 Å². The molecule has 0 aliphatic carbocycles. The second-order valence-corrected chi connectivity index (χ2v) is 7.82. The fourth-order valence-electron chi connectivity index (χ4n) is 2.50. The zero-order valence-corrected chi connectivity index (χ0v) is 15.9. The van der Waals surface area contributed by atoms with Crippen molar-refractivity contribution in [2.45, 2.75) is 30.5 Å². The molecule has 0 fully saturated rings. The van der Waals surface area contributed by atoms with Crippen LogP contribution in [0.2, 0.25) is 0 Å². The minimum Gasteiger partial charge on any atom is -0.337 e. The van der Waals surface area contributed by atoms with Crippen LogP contribution in [0.5, 0.6) is 0 Å². The van der Waals surface area contributed by atoms with Crippen molar-refractivity contribution in [3.05, 3.63) is 66.1 Å². The van der Waals surface area contributed by atoms with Crippen molar-refractivity contribution >= 4 is 17.7 Å². The van der Waals surface area contributed by atoms with Gasteiger partial charge in [0.05, 0.1) is 12.1 Å². The second-order valence-electron chi connectivity index (χ2n) is 6.20. The molecule has 0 radical (unpaired) electrons. The lowest BCUT2D eigenvalue weighted by molar-refractivity contribution is 0.0766. The van der Waals surface area contributed by atoms with Crippen LogP contribution >= 0.6 is 11.8 Å². The van der Waals surface area contributed by atoms with E-state index in [1.54, 1.807) is 23.7 Å². The first-order valence-electron chi connectivity index (χ1n) is 8.43. The smallest absolute Gasteiger partial charge is 0.255 e. The summed E-state index contributed by atoms with van der Waals surface area (Å²) in [6.07, 6.45) is 0. The molecule has 0 saturated carbocycles. The summed E-state index contributed by atoms with van der Waals surface area (Å²) in [6, 6.07) is 17.3. The van der Waals surface area contributed by atoms with Gasteiger partial charge in [0.1, 0.15) is 0 Å². The predicted octanol–water partition coefficient (Wildman–Crippen LogP) is 4.51. The van der Waals surface area contributed by atoms with Gasteiger partial charge in [0.25, 0.3) is 5.91 Å². The zero-order valence-electron chi connectivity index (χ0n) is 15.0.